The summed E-state index contributed by atoms with van der Waals surface area (Å²) in [6.45, 7) is 1.42. The van der Waals surface area contributed by atoms with Gasteiger partial charge in [0, 0.05) is 19.2 Å². The molecule has 1 heterocycles. The van der Waals surface area contributed by atoms with E-state index in [4.69, 9.17) is 4.52 Å². The number of nitrogens with one attached hydrogen (secondary N) is 1. The fraction of sp³-hybridized carbons (Fsp3) is 0.238. The molecule has 2 aromatic carbocycles. The molecular weight excluding hydrogens is 342 g/mol. The Morgan fingerprint density at radius 2 is 1.78 bits per heavy atom. The van der Waals surface area contributed by atoms with Crippen molar-refractivity contribution < 1.29 is 14.4 Å². The fourth-order valence-corrected chi connectivity index (χ4v) is 2.78. The van der Waals surface area contributed by atoms with Crippen molar-refractivity contribution in [1.29, 1.82) is 0 Å². The molecule has 3 rings (SSSR count). The van der Waals surface area contributed by atoms with Crippen molar-refractivity contribution in [3.05, 3.63) is 89.3 Å². The molecule has 0 aliphatic heterocycles. The van der Waals surface area contributed by atoms with Gasteiger partial charge in [0.25, 0.3) is 5.91 Å². The lowest BCUT2D eigenvalue weighted by atomic mass is 10.1. The normalized spacial score (nSPS) is 12.1. The second-order valence-electron chi connectivity index (χ2n) is 6.47. The van der Waals surface area contributed by atoms with Crippen molar-refractivity contribution in [2.75, 3.05) is 13.6 Å². The third-order valence-electron chi connectivity index (χ3n) is 4.15. The van der Waals surface area contributed by atoms with Gasteiger partial charge in [-0.1, -0.05) is 65.8 Å². The Hall–Kier alpha value is -2.96. The molecular formula is C21H23N3O3. The second kappa shape index (κ2) is 9.12. The van der Waals surface area contributed by atoms with E-state index in [0.29, 0.717) is 12.3 Å². The molecule has 1 atom stereocenters. The van der Waals surface area contributed by atoms with Crippen molar-refractivity contribution >= 4 is 5.91 Å². The summed E-state index contributed by atoms with van der Waals surface area (Å²) in [7, 11) is 1.98. The Morgan fingerprint density at radius 3 is 2.48 bits per heavy atom. The van der Waals surface area contributed by atoms with Crippen LogP contribution in [0.4, 0.5) is 0 Å². The van der Waals surface area contributed by atoms with Crippen LogP contribution in [0.2, 0.25) is 0 Å². The molecule has 27 heavy (non-hydrogen) atoms. The van der Waals surface area contributed by atoms with Gasteiger partial charge >= 0.3 is 0 Å². The summed E-state index contributed by atoms with van der Waals surface area (Å²) in [6, 6.07) is 20.9. The fourth-order valence-electron chi connectivity index (χ4n) is 2.78. The Morgan fingerprint density at radius 1 is 1.11 bits per heavy atom. The number of aliphatic hydroxyl groups is 1. The number of carbonyl (C=O) groups is 1. The quantitative estimate of drug-likeness (QED) is 0.642. The maximum absolute atomic E-state index is 12.2. The van der Waals surface area contributed by atoms with Gasteiger partial charge in [-0.3, -0.25) is 9.69 Å². The summed E-state index contributed by atoms with van der Waals surface area (Å²) < 4.78 is 5.27. The van der Waals surface area contributed by atoms with Gasteiger partial charge in [-0.05, 0) is 18.2 Å². The number of aromatic nitrogens is 1. The number of hydrogen-bond donors (Lipinski definition) is 2. The molecule has 3 aromatic rings. The number of rotatable bonds is 8. The molecule has 0 saturated heterocycles. The van der Waals surface area contributed by atoms with Gasteiger partial charge in [-0.2, -0.15) is 0 Å². The van der Waals surface area contributed by atoms with Crippen LogP contribution in [0.25, 0.3) is 0 Å². The van der Waals surface area contributed by atoms with E-state index in [9.17, 15) is 9.90 Å². The largest absolute Gasteiger partial charge is 0.387 e. The smallest absolute Gasteiger partial charge is 0.273 e. The molecule has 0 radical (unpaired) electrons. The van der Waals surface area contributed by atoms with E-state index in [1.165, 1.54) is 5.56 Å². The summed E-state index contributed by atoms with van der Waals surface area (Å²) >= 11 is 0. The van der Waals surface area contributed by atoms with E-state index in [1.54, 1.807) is 6.07 Å². The van der Waals surface area contributed by atoms with Crippen LogP contribution in [-0.4, -0.2) is 34.7 Å². The summed E-state index contributed by atoms with van der Waals surface area (Å²) in [5, 5.41) is 16.6. The predicted molar refractivity (Wildman–Crippen MR) is 102 cm³/mol. The highest BCUT2D eigenvalue weighted by molar-refractivity contribution is 5.92. The third kappa shape index (κ3) is 5.51. The van der Waals surface area contributed by atoms with E-state index < -0.39 is 6.10 Å². The van der Waals surface area contributed by atoms with Gasteiger partial charge in [-0.25, -0.2) is 0 Å². The van der Waals surface area contributed by atoms with Crippen molar-refractivity contribution in [2.45, 2.75) is 19.2 Å². The molecule has 2 N–H and O–H groups in total. The maximum atomic E-state index is 12.2. The number of benzene rings is 2. The summed E-state index contributed by atoms with van der Waals surface area (Å²) in [4.78, 5) is 14.3. The lowest BCUT2D eigenvalue weighted by Gasteiger charge is -2.14. The van der Waals surface area contributed by atoms with Crippen LogP contribution in [-0.2, 0) is 13.1 Å². The highest BCUT2D eigenvalue weighted by Crippen LogP contribution is 2.12. The minimum atomic E-state index is -0.765. The van der Waals surface area contributed by atoms with E-state index in [0.717, 1.165) is 12.1 Å². The summed E-state index contributed by atoms with van der Waals surface area (Å²) in [5.74, 6) is 0.243. The van der Waals surface area contributed by atoms with Crippen molar-refractivity contribution in [3.63, 3.8) is 0 Å². The second-order valence-corrected chi connectivity index (χ2v) is 6.47. The van der Waals surface area contributed by atoms with Gasteiger partial charge in [0.1, 0.15) is 0 Å². The molecule has 1 aromatic heterocycles. The maximum Gasteiger partial charge on any atom is 0.273 e. The Kier molecular flexibility index (Phi) is 6.35. The Labute approximate surface area is 158 Å². The number of nitrogens with zero attached hydrogens (tertiary/aromatic N) is 2. The van der Waals surface area contributed by atoms with Gasteiger partial charge < -0.3 is 14.9 Å². The molecule has 0 aliphatic rings. The average molecular weight is 365 g/mol. The summed E-state index contributed by atoms with van der Waals surface area (Å²) in [5.41, 5.74) is 2.16. The lowest BCUT2D eigenvalue weighted by Crippen LogP contribution is -2.28. The molecule has 1 amide bonds. The van der Waals surface area contributed by atoms with Gasteiger partial charge in [0.2, 0.25) is 0 Å². The van der Waals surface area contributed by atoms with Crippen LogP contribution < -0.4 is 5.32 Å². The van der Waals surface area contributed by atoms with Crippen molar-refractivity contribution in [2.24, 2.45) is 0 Å². The Bertz CT molecular complexity index is 849. The van der Waals surface area contributed by atoms with Gasteiger partial charge in [-0.15, -0.1) is 0 Å². The molecule has 0 saturated carbocycles. The van der Waals surface area contributed by atoms with Gasteiger partial charge in [0.15, 0.2) is 11.5 Å². The molecule has 0 spiro atoms. The van der Waals surface area contributed by atoms with Crippen LogP contribution in [0.15, 0.2) is 71.3 Å². The zero-order valence-corrected chi connectivity index (χ0v) is 15.2. The first kappa shape index (κ1) is 18.8. The zero-order valence-electron chi connectivity index (χ0n) is 15.2. The Balaban J connectivity index is 1.50. The number of amides is 1. The SMILES string of the molecule is CN(Cc1ccccc1)Cc1cc(C(=O)NC[C@H](O)c2ccccc2)no1. The highest BCUT2D eigenvalue weighted by Gasteiger charge is 2.15. The monoisotopic (exact) mass is 365 g/mol. The first-order valence-corrected chi connectivity index (χ1v) is 8.81. The van der Waals surface area contributed by atoms with Crippen molar-refractivity contribution in [3.8, 4) is 0 Å². The molecule has 6 heteroatoms. The number of aliphatic hydroxyl groups excluding tert-OH is 1. The molecule has 6 nitrogen and oxygen atoms in total. The van der Waals surface area contributed by atoms with E-state index in [-0.39, 0.29) is 18.1 Å². The van der Waals surface area contributed by atoms with E-state index >= 15 is 0 Å². The highest BCUT2D eigenvalue weighted by atomic mass is 16.5. The minimum Gasteiger partial charge on any atom is -0.387 e. The molecule has 0 bridgehead atoms. The van der Waals surface area contributed by atoms with Crippen molar-refractivity contribution in [1.82, 2.24) is 15.4 Å². The van der Waals surface area contributed by atoms with Crippen LogP contribution in [0.5, 0.6) is 0 Å². The minimum absolute atomic E-state index is 0.110. The van der Waals surface area contributed by atoms with Crippen LogP contribution in [0, 0.1) is 0 Å². The molecule has 0 aliphatic carbocycles. The average Bonchev–Trinajstić information content (AvgIpc) is 3.15. The van der Waals surface area contributed by atoms with E-state index in [1.807, 2.05) is 55.6 Å². The lowest BCUT2D eigenvalue weighted by molar-refractivity contribution is 0.0907. The molecule has 0 unspecified atom stereocenters. The van der Waals surface area contributed by atoms with Crippen LogP contribution in [0.3, 0.4) is 0 Å². The molecule has 140 valence electrons. The first-order chi connectivity index (χ1) is 13.1. The topological polar surface area (TPSA) is 78.6 Å². The standard InChI is InChI=1S/C21H23N3O3/c1-24(14-16-8-4-2-5-9-16)15-18-12-19(23-27-18)21(26)22-13-20(25)17-10-6-3-7-11-17/h2-12,20,25H,13-15H2,1H3,(H,22,26)/t20-/m0/s1. The number of hydrogen-bond acceptors (Lipinski definition) is 5. The van der Waals surface area contributed by atoms with Gasteiger partial charge in [0.05, 0.1) is 12.6 Å². The summed E-state index contributed by atoms with van der Waals surface area (Å²) in [6.07, 6.45) is -0.765. The zero-order chi connectivity index (χ0) is 19.1. The number of carbonyl (C=O) groups excluding carboxylic acids is 1. The first-order valence-electron chi connectivity index (χ1n) is 8.81. The molecule has 0 fully saturated rings. The van der Waals surface area contributed by atoms with E-state index in [2.05, 4.69) is 27.5 Å². The third-order valence-corrected chi connectivity index (χ3v) is 4.15. The predicted octanol–water partition coefficient (Wildman–Crippen LogP) is 2.77. The van der Waals surface area contributed by atoms with Crippen LogP contribution >= 0.6 is 0 Å². The van der Waals surface area contributed by atoms with Crippen LogP contribution in [0.1, 0.15) is 33.5 Å².